The maximum Gasteiger partial charge on any atom is 0.430 e. The molecule has 3 nitrogen and oxygen atoms in total. The third-order valence-electron chi connectivity index (χ3n) is 3.96. The van der Waals surface area contributed by atoms with E-state index in [9.17, 15) is 13.2 Å². The van der Waals surface area contributed by atoms with Crippen molar-refractivity contribution in [1.29, 1.82) is 0 Å². The molecule has 116 valence electrons. The minimum absolute atomic E-state index is 0.772. The molecule has 0 saturated heterocycles. The first-order chi connectivity index (χ1) is 8.48. The molecule has 0 aromatic heterocycles. The largest absolute Gasteiger partial charge is 0.542 e. The molecule has 3 N–H and O–H groups in total. The molecule has 0 radical (unpaired) electrons. The zero-order valence-electron chi connectivity index (χ0n) is 12.4. The van der Waals surface area contributed by atoms with Crippen molar-refractivity contribution in [2.24, 2.45) is 23.7 Å². The molecule has 0 saturated carbocycles. The Morgan fingerprint density at radius 3 is 1.63 bits per heavy atom. The molecular formula is C13H26F3NO2. The topological polar surface area (TPSA) is 67.8 Å². The number of carbonyl (C=O) groups excluding carboxylic acids is 1. The average Bonchev–Trinajstić information content (AvgIpc) is 2.34. The second-order valence-corrected chi connectivity index (χ2v) is 5.15. The summed E-state index contributed by atoms with van der Waals surface area (Å²) in [5.74, 6) is 0.277. The first-order valence-electron chi connectivity index (χ1n) is 6.56. The molecule has 0 aliphatic rings. The van der Waals surface area contributed by atoms with Crippen molar-refractivity contribution in [2.45, 2.75) is 47.2 Å². The van der Waals surface area contributed by atoms with E-state index in [1.165, 1.54) is 6.42 Å². The van der Waals surface area contributed by atoms with Crippen molar-refractivity contribution in [1.82, 2.24) is 0 Å². The van der Waals surface area contributed by atoms with Gasteiger partial charge in [0.2, 0.25) is 0 Å². The monoisotopic (exact) mass is 285 g/mol. The van der Waals surface area contributed by atoms with Gasteiger partial charge in [-0.25, -0.2) is 0 Å². The maximum atomic E-state index is 10.5. The Morgan fingerprint density at radius 2 is 1.42 bits per heavy atom. The van der Waals surface area contributed by atoms with E-state index >= 15 is 0 Å². The van der Waals surface area contributed by atoms with Crippen LogP contribution in [0.15, 0.2) is 0 Å². The Bertz CT molecular complexity index is 243. The van der Waals surface area contributed by atoms with Crippen LogP contribution in [0.25, 0.3) is 0 Å². The van der Waals surface area contributed by atoms with E-state index in [1.807, 2.05) is 0 Å². The van der Waals surface area contributed by atoms with Gasteiger partial charge in [0.15, 0.2) is 0 Å². The first kappa shape index (κ1) is 20.5. The van der Waals surface area contributed by atoms with Crippen molar-refractivity contribution >= 4 is 5.97 Å². The molecule has 0 heterocycles. The molecule has 0 rings (SSSR count). The minimum Gasteiger partial charge on any atom is -0.542 e. The number of quaternary nitrogens is 1. The molecule has 0 unspecified atom stereocenters. The van der Waals surface area contributed by atoms with E-state index in [1.54, 1.807) is 0 Å². The predicted octanol–water partition coefficient (Wildman–Crippen LogP) is 1.48. The fourth-order valence-corrected chi connectivity index (χ4v) is 1.67. The molecule has 4 atom stereocenters. The average molecular weight is 285 g/mol. The second kappa shape index (κ2) is 9.18. The lowest BCUT2D eigenvalue weighted by molar-refractivity contribution is -0.381. The molecule has 0 aliphatic heterocycles. The summed E-state index contributed by atoms with van der Waals surface area (Å²) in [6.07, 6.45) is -3.89. The molecule has 0 bridgehead atoms. The highest BCUT2D eigenvalue weighted by atomic mass is 19.4. The van der Waals surface area contributed by atoms with Gasteiger partial charge in [-0.05, 0) is 17.8 Å². The van der Waals surface area contributed by atoms with Gasteiger partial charge < -0.3 is 15.6 Å². The van der Waals surface area contributed by atoms with Crippen molar-refractivity contribution < 1.29 is 28.8 Å². The van der Waals surface area contributed by atoms with Gasteiger partial charge in [-0.15, -0.1) is 0 Å². The number of carboxylic acid groups (broad SMARTS) is 1. The Morgan fingerprint density at radius 1 is 1.11 bits per heavy atom. The van der Waals surface area contributed by atoms with E-state index in [0.29, 0.717) is 0 Å². The highest BCUT2D eigenvalue weighted by Gasteiger charge is 2.28. The molecule has 19 heavy (non-hydrogen) atoms. The molecule has 0 spiro atoms. The first-order valence-corrected chi connectivity index (χ1v) is 6.56. The molecule has 0 aromatic carbocycles. The van der Waals surface area contributed by atoms with Gasteiger partial charge in [-0.2, -0.15) is 13.2 Å². The lowest BCUT2D eigenvalue weighted by Crippen LogP contribution is -2.54. The molecule has 0 amide bonds. The quantitative estimate of drug-likeness (QED) is 0.831. The lowest BCUT2D eigenvalue weighted by Gasteiger charge is -2.28. The van der Waals surface area contributed by atoms with Crippen LogP contribution in [0, 0.1) is 23.7 Å². The molecule has 6 heteroatoms. The van der Waals surface area contributed by atoms with Gasteiger partial charge in [-0.1, -0.05) is 41.0 Å². The summed E-state index contributed by atoms with van der Waals surface area (Å²) in [6.45, 7) is 12.8. The molecular weight excluding hydrogens is 259 g/mol. The number of halogens is 3. The standard InChI is InChI=1S/C11H25N.C2HF3O2/c1-6-8(2)10(4)11(5)9(3)7-12;3-2(4,5)1(6)7/h8-11H,6-7,12H2,1-5H3;(H,6,7)/t8-,9+,10-,11-;/m0./s1. The van der Waals surface area contributed by atoms with Gasteiger partial charge in [0, 0.05) is 5.92 Å². The highest BCUT2D eigenvalue weighted by molar-refractivity contribution is 5.70. The van der Waals surface area contributed by atoms with Crippen molar-refractivity contribution in [3.63, 3.8) is 0 Å². The molecule has 0 aliphatic carbocycles. The summed E-state index contributed by atoms with van der Waals surface area (Å²) < 4.78 is 31.5. The summed E-state index contributed by atoms with van der Waals surface area (Å²) in [4.78, 5) is 8.78. The summed E-state index contributed by atoms with van der Waals surface area (Å²) in [7, 11) is 0. The van der Waals surface area contributed by atoms with E-state index in [0.717, 1.165) is 30.2 Å². The van der Waals surface area contributed by atoms with Crippen LogP contribution in [-0.4, -0.2) is 18.7 Å². The summed E-state index contributed by atoms with van der Waals surface area (Å²) in [6, 6.07) is 0. The van der Waals surface area contributed by atoms with Crippen LogP contribution in [0.3, 0.4) is 0 Å². The second-order valence-electron chi connectivity index (χ2n) is 5.15. The fourth-order valence-electron chi connectivity index (χ4n) is 1.67. The van der Waals surface area contributed by atoms with E-state index < -0.39 is 12.1 Å². The van der Waals surface area contributed by atoms with Gasteiger partial charge in [-0.3, -0.25) is 0 Å². The van der Waals surface area contributed by atoms with Crippen molar-refractivity contribution in [2.75, 3.05) is 6.54 Å². The summed E-state index contributed by atoms with van der Waals surface area (Å²) >= 11 is 0. The number of aliphatic carboxylic acids is 1. The van der Waals surface area contributed by atoms with Crippen LogP contribution in [0.4, 0.5) is 13.2 Å². The Hall–Kier alpha value is -0.780. The van der Waals surface area contributed by atoms with E-state index in [4.69, 9.17) is 9.90 Å². The van der Waals surface area contributed by atoms with Gasteiger partial charge in [0.1, 0.15) is 5.97 Å². The van der Waals surface area contributed by atoms with Crippen LogP contribution < -0.4 is 10.8 Å². The SMILES string of the molecule is CC[C@H](C)[C@H](C)[C@@H](C)[C@H](C)C[NH3+].O=C([O-])C(F)(F)F. The maximum absolute atomic E-state index is 10.5. The third-order valence-corrected chi connectivity index (χ3v) is 3.96. The van der Waals surface area contributed by atoms with Gasteiger partial charge >= 0.3 is 6.18 Å². The number of hydrogen-bond donors (Lipinski definition) is 1. The summed E-state index contributed by atoms with van der Waals surface area (Å²) in [5.41, 5.74) is 3.97. The normalized spacial score (nSPS) is 17.7. The van der Waals surface area contributed by atoms with Crippen LogP contribution in [0.5, 0.6) is 0 Å². The fraction of sp³-hybridized carbons (Fsp3) is 0.923. The van der Waals surface area contributed by atoms with Gasteiger partial charge in [0.05, 0.1) is 6.54 Å². The zero-order chi connectivity index (χ0) is 15.8. The van der Waals surface area contributed by atoms with Crippen molar-refractivity contribution in [3.8, 4) is 0 Å². The molecule has 0 fully saturated rings. The zero-order valence-corrected chi connectivity index (χ0v) is 12.4. The number of alkyl halides is 3. The highest BCUT2D eigenvalue weighted by Crippen LogP contribution is 2.27. The van der Waals surface area contributed by atoms with Crippen LogP contribution in [-0.2, 0) is 4.79 Å². The van der Waals surface area contributed by atoms with Gasteiger partial charge in [0.25, 0.3) is 0 Å². The number of rotatable bonds is 5. The number of carboxylic acids is 1. The van der Waals surface area contributed by atoms with Crippen LogP contribution in [0.1, 0.15) is 41.0 Å². The Balaban J connectivity index is 0. The lowest BCUT2D eigenvalue weighted by atomic mass is 9.77. The Kier molecular flexibility index (Phi) is 9.92. The minimum atomic E-state index is -5.19. The van der Waals surface area contributed by atoms with Crippen LogP contribution in [0.2, 0.25) is 0 Å². The predicted molar refractivity (Wildman–Crippen MR) is 65.8 cm³/mol. The van der Waals surface area contributed by atoms with Crippen molar-refractivity contribution in [3.05, 3.63) is 0 Å². The smallest absolute Gasteiger partial charge is 0.430 e. The van der Waals surface area contributed by atoms with E-state index in [2.05, 4.69) is 40.4 Å². The third kappa shape index (κ3) is 8.86. The van der Waals surface area contributed by atoms with E-state index in [-0.39, 0.29) is 0 Å². The van der Waals surface area contributed by atoms with Crippen LogP contribution >= 0.6 is 0 Å². The Labute approximate surface area is 113 Å². The summed E-state index contributed by atoms with van der Waals surface area (Å²) in [5, 5.41) is 8.78. The number of carbonyl (C=O) groups is 1. The number of hydrogen-bond acceptors (Lipinski definition) is 2. The molecule has 0 aromatic rings.